The average molecular weight is 231 g/mol. The number of ketones is 2. The van der Waals surface area contributed by atoms with Crippen LogP contribution in [0.5, 0.6) is 0 Å². The van der Waals surface area contributed by atoms with E-state index < -0.39 is 17.9 Å². The highest BCUT2D eigenvalue weighted by molar-refractivity contribution is 6.23. The van der Waals surface area contributed by atoms with E-state index in [4.69, 9.17) is 0 Å². The fourth-order valence-corrected chi connectivity index (χ4v) is 2.04. The number of benzene rings is 1. The first-order chi connectivity index (χ1) is 8.09. The fraction of sp³-hybridized carbons (Fsp3) is 0.308. The Balaban J connectivity index is 2.12. The van der Waals surface area contributed by atoms with Gasteiger partial charge in [0.2, 0.25) is 5.91 Å². The summed E-state index contributed by atoms with van der Waals surface area (Å²) in [4.78, 5) is 34.5. The van der Waals surface area contributed by atoms with Crippen molar-refractivity contribution in [2.75, 3.05) is 0 Å². The predicted octanol–water partition coefficient (Wildman–Crippen LogP) is 0.502. The van der Waals surface area contributed by atoms with Crippen LogP contribution in [0.2, 0.25) is 0 Å². The number of carbonyl (C=O) groups excluding carboxylic acids is 3. The smallest absolute Gasteiger partial charge is 0.238 e. The summed E-state index contributed by atoms with van der Waals surface area (Å²) in [7, 11) is 0. The molecule has 0 radical (unpaired) electrons. The van der Waals surface area contributed by atoms with Crippen molar-refractivity contribution >= 4 is 17.5 Å². The van der Waals surface area contributed by atoms with Gasteiger partial charge in [0.1, 0.15) is 5.78 Å². The number of Topliss-reactive ketones (excluding diaryl/α,β-unsaturated/α-hetero) is 2. The van der Waals surface area contributed by atoms with E-state index in [-0.39, 0.29) is 11.6 Å². The van der Waals surface area contributed by atoms with E-state index in [1.165, 1.54) is 6.92 Å². The van der Waals surface area contributed by atoms with Crippen LogP contribution in [0.3, 0.4) is 0 Å². The molecule has 0 spiro atoms. The molecule has 0 aliphatic carbocycles. The first-order valence-corrected chi connectivity index (χ1v) is 5.48. The second kappa shape index (κ2) is 4.49. The third-order valence-electron chi connectivity index (χ3n) is 2.90. The number of carbonyl (C=O) groups is 3. The van der Waals surface area contributed by atoms with E-state index in [1.807, 2.05) is 30.3 Å². The molecule has 4 nitrogen and oxygen atoms in total. The van der Waals surface area contributed by atoms with Crippen molar-refractivity contribution < 1.29 is 14.4 Å². The maximum atomic E-state index is 11.9. The average Bonchev–Trinajstić information content (AvgIpc) is 2.55. The molecule has 1 heterocycles. The Morgan fingerprint density at radius 3 is 2.41 bits per heavy atom. The quantitative estimate of drug-likeness (QED) is 0.770. The molecule has 1 fully saturated rings. The summed E-state index contributed by atoms with van der Waals surface area (Å²) in [5.41, 5.74) is 0.968. The van der Waals surface area contributed by atoms with Crippen LogP contribution in [-0.2, 0) is 20.8 Å². The molecule has 1 aromatic carbocycles. The zero-order chi connectivity index (χ0) is 12.4. The van der Waals surface area contributed by atoms with E-state index in [2.05, 4.69) is 5.32 Å². The summed E-state index contributed by atoms with van der Waals surface area (Å²) < 4.78 is 0. The Hall–Kier alpha value is -1.97. The maximum absolute atomic E-state index is 11.9. The molecule has 1 aliphatic heterocycles. The number of rotatable bonds is 3. The van der Waals surface area contributed by atoms with Gasteiger partial charge in [-0.05, 0) is 18.9 Å². The second-order valence-corrected chi connectivity index (χ2v) is 4.20. The highest BCUT2D eigenvalue weighted by atomic mass is 16.2. The van der Waals surface area contributed by atoms with Crippen LogP contribution in [0.25, 0.3) is 0 Å². The lowest BCUT2D eigenvalue weighted by atomic mass is 9.96. The van der Waals surface area contributed by atoms with E-state index in [0.29, 0.717) is 6.42 Å². The van der Waals surface area contributed by atoms with Gasteiger partial charge >= 0.3 is 0 Å². The van der Waals surface area contributed by atoms with Crippen LogP contribution in [0.1, 0.15) is 12.5 Å². The molecule has 1 saturated heterocycles. The molecule has 17 heavy (non-hydrogen) atoms. The summed E-state index contributed by atoms with van der Waals surface area (Å²) in [6, 6.07) is 8.84. The van der Waals surface area contributed by atoms with Crippen LogP contribution < -0.4 is 5.32 Å². The Morgan fingerprint density at radius 2 is 1.88 bits per heavy atom. The number of nitrogens with one attached hydrogen (secondary N) is 1. The molecule has 4 heteroatoms. The Bertz CT molecular complexity index is 467. The monoisotopic (exact) mass is 231 g/mol. The van der Waals surface area contributed by atoms with E-state index in [9.17, 15) is 14.4 Å². The molecule has 1 N–H and O–H groups in total. The van der Waals surface area contributed by atoms with Crippen molar-refractivity contribution in [2.45, 2.75) is 19.4 Å². The summed E-state index contributed by atoms with van der Waals surface area (Å²) in [5, 5.41) is 2.57. The van der Waals surface area contributed by atoms with Gasteiger partial charge in [-0.25, -0.2) is 0 Å². The van der Waals surface area contributed by atoms with Crippen molar-refractivity contribution in [3.8, 4) is 0 Å². The summed E-state index contributed by atoms with van der Waals surface area (Å²) in [6.45, 7) is 1.27. The predicted molar refractivity (Wildman–Crippen MR) is 61.3 cm³/mol. The van der Waals surface area contributed by atoms with E-state index in [0.717, 1.165) is 5.56 Å². The third-order valence-corrected chi connectivity index (χ3v) is 2.90. The zero-order valence-electron chi connectivity index (χ0n) is 9.47. The number of amides is 1. The van der Waals surface area contributed by atoms with Gasteiger partial charge in [0.15, 0.2) is 11.7 Å². The lowest BCUT2D eigenvalue weighted by molar-refractivity contribution is -0.135. The molecular formula is C13H13NO3. The van der Waals surface area contributed by atoms with Gasteiger partial charge in [-0.1, -0.05) is 30.3 Å². The van der Waals surface area contributed by atoms with Crippen LogP contribution in [0.4, 0.5) is 0 Å². The first kappa shape index (κ1) is 11.5. The molecular weight excluding hydrogens is 218 g/mol. The second-order valence-electron chi connectivity index (χ2n) is 4.20. The Kier molecular flexibility index (Phi) is 3.04. The SMILES string of the molecule is CC(=O)C1C(=O)NC(Cc2ccccc2)C1=O. The molecule has 1 aliphatic rings. The molecule has 0 bridgehead atoms. The van der Waals surface area contributed by atoms with Gasteiger partial charge in [-0.2, -0.15) is 0 Å². The molecule has 0 saturated carbocycles. The van der Waals surface area contributed by atoms with Crippen LogP contribution >= 0.6 is 0 Å². The molecule has 1 aromatic rings. The fourth-order valence-electron chi connectivity index (χ4n) is 2.04. The first-order valence-electron chi connectivity index (χ1n) is 5.48. The minimum absolute atomic E-state index is 0.314. The van der Waals surface area contributed by atoms with Crippen molar-refractivity contribution in [2.24, 2.45) is 5.92 Å². The molecule has 2 rings (SSSR count). The van der Waals surface area contributed by atoms with Crippen molar-refractivity contribution in [3.05, 3.63) is 35.9 Å². The highest BCUT2D eigenvalue weighted by Crippen LogP contribution is 2.16. The van der Waals surface area contributed by atoms with Crippen LogP contribution in [-0.4, -0.2) is 23.5 Å². The number of hydrogen-bond donors (Lipinski definition) is 1. The topological polar surface area (TPSA) is 63.2 Å². The molecule has 2 unspecified atom stereocenters. The number of hydrogen-bond acceptors (Lipinski definition) is 3. The largest absolute Gasteiger partial charge is 0.345 e. The van der Waals surface area contributed by atoms with Crippen molar-refractivity contribution in [3.63, 3.8) is 0 Å². The maximum Gasteiger partial charge on any atom is 0.238 e. The van der Waals surface area contributed by atoms with E-state index in [1.54, 1.807) is 0 Å². The molecule has 2 atom stereocenters. The lowest BCUT2D eigenvalue weighted by Gasteiger charge is -2.08. The Labute approximate surface area is 99.0 Å². The minimum Gasteiger partial charge on any atom is -0.345 e. The highest BCUT2D eigenvalue weighted by Gasteiger charge is 2.43. The molecule has 88 valence electrons. The molecule has 1 amide bonds. The lowest BCUT2D eigenvalue weighted by Crippen LogP contribution is -2.31. The van der Waals surface area contributed by atoms with Crippen molar-refractivity contribution in [1.82, 2.24) is 5.32 Å². The van der Waals surface area contributed by atoms with Gasteiger partial charge in [-0.3, -0.25) is 14.4 Å². The van der Waals surface area contributed by atoms with Gasteiger partial charge in [0.05, 0.1) is 6.04 Å². The van der Waals surface area contributed by atoms with Gasteiger partial charge < -0.3 is 5.32 Å². The minimum atomic E-state index is -1.11. The summed E-state index contributed by atoms with van der Waals surface area (Å²) in [5.74, 6) is -2.28. The summed E-state index contributed by atoms with van der Waals surface area (Å²) in [6.07, 6.45) is 0.440. The van der Waals surface area contributed by atoms with Crippen LogP contribution in [0, 0.1) is 5.92 Å². The molecule has 0 aromatic heterocycles. The van der Waals surface area contributed by atoms with Gasteiger partial charge in [0.25, 0.3) is 0 Å². The van der Waals surface area contributed by atoms with E-state index >= 15 is 0 Å². The zero-order valence-corrected chi connectivity index (χ0v) is 9.47. The summed E-state index contributed by atoms with van der Waals surface area (Å²) >= 11 is 0. The third kappa shape index (κ3) is 2.25. The Morgan fingerprint density at radius 1 is 1.24 bits per heavy atom. The standard InChI is InChI=1S/C13H13NO3/c1-8(15)11-12(16)10(14-13(11)17)7-9-5-3-2-4-6-9/h2-6,10-11H,7H2,1H3,(H,14,17). The van der Waals surface area contributed by atoms with Crippen molar-refractivity contribution in [1.29, 1.82) is 0 Å². The van der Waals surface area contributed by atoms with Crippen LogP contribution in [0.15, 0.2) is 30.3 Å². The normalized spacial score (nSPS) is 23.6. The van der Waals surface area contributed by atoms with Gasteiger partial charge in [-0.15, -0.1) is 0 Å². The van der Waals surface area contributed by atoms with Gasteiger partial charge in [0, 0.05) is 0 Å².